The Balaban J connectivity index is 1.36. The zero-order valence-corrected chi connectivity index (χ0v) is 18.2. The zero-order chi connectivity index (χ0) is 23.0. The van der Waals surface area contributed by atoms with Crippen molar-refractivity contribution in [2.45, 2.75) is 26.6 Å². The van der Waals surface area contributed by atoms with E-state index in [1.54, 1.807) is 24.3 Å². The lowest BCUT2D eigenvalue weighted by Gasteiger charge is -2.34. The van der Waals surface area contributed by atoms with Gasteiger partial charge >= 0.3 is 6.18 Å². The molecule has 1 aliphatic heterocycles. The number of aromatic nitrogens is 4. The van der Waals surface area contributed by atoms with Crippen molar-refractivity contribution in [2.75, 3.05) is 26.2 Å². The van der Waals surface area contributed by atoms with Crippen molar-refractivity contribution in [3.63, 3.8) is 0 Å². The third-order valence-electron chi connectivity index (χ3n) is 5.96. The van der Waals surface area contributed by atoms with Crippen molar-refractivity contribution in [3.05, 3.63) is 64.7 Å². The molecule has 0 N–H and O–H groups in total. The highest BCUT2D eigenvalue weighted by Gasteiger charge is 2.33. The van der Waals surface area contributed by atoms with Gasteiger partial charge in [-0.2, -0.15) is 23.4 Å². The van der Waals surface area contributed by atoms with Gasteiger partial charge in [-0.3, -0.25) is 14.4 Å². The van der Waals surface area contributed by atoms with Crippen LogP contribution in [0.5, 0.6) is 0 Å². The van der Waals surface area contributed by atoms with E-state index in [4.69, 9.17) is 0 Å². The van der Waals surface area contributed by atoms with E-state index in [9.17, 15) is 18.0 Å². The van der Waals surface area contributed by atoms with Gasteiger partial charge in [-0.05, 0) is 44.2 Å². The van der Waals surface area contributed by atoms with Crippen molar-refractivity contribution in [1.82, 2.24) is 29.4 Å². The van der Waals surface area contributed by atoms with Crippen molar-refractivity contribution < 1.29 is 18.0 Å². The number of carbonyl (C=O) groups excluding carboxylic acids is 1. The van der Waals surface area contributed by atoms with Gasteiger partial charge in [-0.15, -0.1) is 0 Å². The Morgan fingerprint density at radius 2 is 1.66 bits per heavy atom. The Kier molecular flexibility index (Phi) is 5.81. The van der Waals surface area contributed by atoms with Crippen molar-refractivity contribution in [1.29, 1.82) is 0 Å². The van der Waals surface area contributed by atoms with Gasteiger partial charge in [-0.1, -0.05) is 0 Å². The zero-order valence-electron chi connectivity index (χ0n) is 18.2. The minimum absolute atomic E-state index is 0.0821. The van der Waals surface area contributed by atoms with E-state index in [1.807, 2.05) is 23.6 Å². The first-order chi connectivity index (χ1) is 15.1. The number of hydrogen-bond acceptors (Lipinski definition) is 4. The molecule has 2 aromatic heterocycles. The Morgan fingerprint density at radius 1 is 1.00 bits per heavy atom. The van der Waals surface area contributed by atoms with E-state index in [0.717, 1.165) is 41.8 Å². The third-order valence-corrected chi connectivity index (χ3v) is 5.96. The van der Waals surface area contributed by atoms with Crippen LogP contribution in [0.25, 0.3) is 5.69 Å². The first-order valence-electron chi connectivity index (χ1n) is 10.4. The third kappa shape index (κ3) is 4.40. The van der Waals surface area contributed by atoms with Crippen molar-refractivity contribution in [3.8, 4) is 5.69 Å². The fraction of sp³-hybridized carbons (Fsp3) is 0.409. The summed E-state index contributed by atoms with van der Waals surface area (Å²) in [6.45, 7) is 7.66. The molecule has 32 heavy (non-hydrogen) atoms. The fourth-order valence-electron chi connectivity index (χ4n) is 3.94. The second-order valence-corrected chi connectivity index (χ2v) is 8.03. The molecule has 0 spiro atoms. The van der Waals surface area contributed by atoms with Gasteiger partial charge in [0.1, 0.15) is 0 Å². The van der Waals surface area contributed by atoms with Gasteiger partial charge in [0.05, 0.1) is 11.4 Å². The predicted octanol–water partition coefficient (Wildman–Crippen LogP) is 3.20. The minimum atomic E-state index is -4.49. The average molecular weight is 446 g/mol. The van der Waals surface area contributed by atoms with Crippen LogP contribution in [-0.2, 0) is 19.8 Å². The predicted molar refractivity (Wildman–Crippen MR) is 112 cm³/mol. The number of rotatable bonds is 4. The average Bonchev–Trinajstić information content (AvgIpc) is 3.35. The normalized spacial score (nSPS) is 15.4. The summed E-state index contributed by atoms with van der Waals surface area (Å²) < 4.78 is 41.3. The van der Waals surface area contributed by atoms with Crippen LogP contribution >= 0.6 is 0 Å². The Labute approximate surface area is 184 Å². The molecule has 1 aliphatic rings. The summed E-state index contributed by atoms with van der Waals surface area (Å²) >= 11 is 0. The molecule has 1 fully saturated rings. The van der Waals surface area contributed by atoms with E-state index in [-0.39, 0.29) is 5.91 Å². The van der Waals surface area contributed by atoms with Crippen LogP contribution < -0.4 is 0 Å². The highest BCUT2D eigenvalue weighted by molar-refractivity contribution is 5.94. The highest BCUT2D eigenvalue weighted by atomic mass is 19.4. The standard InChI is InChI=1S/C22H25F3N6O/c1-15-19(16(2)28(3)26-15)14-29-10-12-30(13-11-29)21(32)17-4-6-18(7-5-17)31-9-8-20(27-31)22(23,24)25/h4-9H,10-14H2,1-3H3. The fourth-order valence-corrected chi connectivity index (χ4v) is 3.94. The van der Waals surface area contributed by atoms with Crippen LogP contribution in [0, 0.1) is 13.8 Å². The highest BCUT2D eigenvalue weighted by Crippen LogP contribution is 2.28. The van der Waals surface area contributed by atoms with Gasteiger partial charge in [0.15, 0.2) is 5.69 Å². The molecule has 0 aliphatic carbocycles. The second kappa shape index (κ2) is 8.42. The van der Waals surface area contributed by atoms with Crippen molar-refractivity contribution in [2.24, 2.45) is 7.05 Å². The number of piperazine rings is 1. The second-order valence-electron chi connectivity index (χ2n) is 8.03. The monoisotopic (exact) mass is 446 g/mol. The van der Waals surface area contributed by atoms with Gasteiger partial charge in [0.2, 0.25) is 0 Å². The summed E-state index contributed by atoms with van der Waals surface area (Å²) in [6.07, 6.45) is -3.23. The molecule has 7 nitrogen and oxygen atoms in total. The number of alkyl halides is 3. The lowest BCUT2D eigenvalue weighted by molar-refractivity contribution is -0.141. The van der Waals surface area contributed by atoms with Crippen LogP contribution in [0.3, 0.4) is 0 Å². The molecule has 170 valence electrons. The minimum Gasteiger partial charge on any atom is -0.336 e. The SMILES string of the molecule is Cc1nn(C)c(C)c1CN1CCN(C(=O)c2ccc(-n3ccc(C(F)(F)F)n3)cc2)CC1. The molecule has 0 saturated carbocycles. The summed E-state index contributed by atoms with van der Waals surface area (Å²) in [5.74, 6) is -0.0821. The van der Waals surface area contributed by atoms with Crippen LogP contribution in [0.2, 0.25) is 0 Å². The first kappa shape index (κ1) is 22.1. The molecule has 1 aromatic carbocycles. The molecule has 0 unspecified atom stereocenters. The van der Waals surface area contributed by atoms with Crippen molar-refractivity contribution >= 4 is 5.91 Å². The van der Waals surface area contributed by atoms with Crippen LogP contribution in [0.1, 0.15) is 33.0 Å². The number of carbonyl (C=O) groups is 1. The van der Waals surface area contributed by atoms with Gasteiger partial charge in [0.25, 0.3) is 5.91 Å². The van der Waals surface area contributed by atoms with Gasteiger partial charge in [-0.25, -0.2) is 4.68 Å². The van der Waals surface area contributed by atoms with Crippen LogP contribution in [-0.4, -0.2) is 61.4 Å². The molecule has 1 saturated heterocycles. The van der Waals surface area contributed by atoms with E-state index < -0.39 is 11.9 Å². The summed E-state index contributed by atoms with van der Waals surface area (Å²) in [5.41, 5.74) is 3.43. The number of hydrogen-bond donors (Lipinski definition) is 0. The molecule has 0 bridgehead atoms. The largest absolute Gasteiger partial charge is 0.435 e. The quantitative estimate of drug-likeness (QED) is 0.618. The maximum atomic E-state index is 12.9. The molecule has 3 aromatic rings. The molecule has 4 rings (SSSR count). The Hall–Kier alpha value is -3.14. The van der Waals surface area contributed by atoms with E-state index >= 15 is 0 Å². The van der Waals surface area contributed by atoms with E-state index in [2.05, 4.69) is 22.0 Å². The molecule has 0 atom stereocenters. The van der Waals surface area contributed by atoms with Crippen LogP contribution in [0.4, 0.5) is 13.2 Å². The topological polar surface area (TPSA) is 59.2 Å². The maximum absolute atomic E-state index is 12.9. The Morgan fingerprint density at radius 3 is 2.19 bits per heavy atom. The van der Waals surface area contributed by atoms with Crippen LogP contribution in [0.15, 0.2) is 36.5 Å². The lowest BCUT2D eigenvalue weighted by atomic mass is 10.1. The number of benzene rings is 1. The molecular weight excluding hydrogens is 421 g/mol. The van der Waals surface area contributed by atoms with Gasteiger partial charge < -0.3 is 4.90 Å². The van der Waals surface area contributed by atoms with E-state index in [1.165, 1.54) is 11.8 Å². The van der Waals surface area contributed by atoms with Gasteiger partial charge in [0, 0.05) is 62.8 Å². The van der Waals surface area contributed by atoms with E-state index in [0.29, 0.717) is 24.3 Å². The molecular formula is C22H25F3N6O. The number of amides is 1. The summed E-state index contributed by atoms with van der Waals surface area (Å²) in [7, 11) is 1.94. The molecule has 0 radical (unpaired) electrons. The smallest absolute Gasteiger partial charge is 0.336 e. The first-order valence-corrected chi connectivity index (χ1v) is 10.4. The summed E-state index contributed by atoms with van der Waals surface area (Å²) in [4.78, 5) is 17.0. The number of nitrogens with zero attached hydrogens (tertiary/aromatic N) is 6. The summed E-state index contributed by atoms with van der Waals surface area (Å²) in [6, 6.07) is 7.38. The Bertz CT molecular complexity index is 1110. The summed E-state index contributed by atoms with van der Waals surface area (Å²) in [5, 5.41) is 8.02. The number of halogens is 3. The lowest BCUT2D eigenvalue weighted by Crippen LogP contribution is -2.48. The molecule has 1 amide bonds. The molecule has 10 heteroatoms. The maximum Gasteiger partial charge on any atom is 0.435 e. The molecule has 3 heterocycles. The number of aryl methyl sites for hydroxylation is 2.